The van der Waals surface area contributed by atoms with Crippen LogP contribution in [0.5, 0.6) is 11.5 Å². The quantitative estimate of drug-likeness (QED) is 0.914. The number of carbonyl (C=O) groups is 1. The maximum Gasteiger partial charge on any atom is 0.255 e. The van der Waals surface area contributed by atoms with Gasteiger partial charge in [-0.3, -0.25) is 4.79 Å². The number of hydrogen-bond acceptors (Lipinski definition) is 3. The molecule has 104 valence electrons. The van der Waals surface area contributed by atoms with Crippen molar-refractivity contribution in [1.29, 1.82) is 0 Å². The van der Waals surface area contributed by atoms with Crippen LogP contribution in [-0.2, 0) is 6.54 Å². The first-order chi connectivity index (χ1) is 9.47. The summed E-state index contributed by atoms with van der Waals surface area (Å²) in [5.74, 6) is -0.103. The molecule has 0 aliphatic heterocycles. The Balaban J connectivity index is 2.16. The van der Waals surface area contributed by atoms with E-state index in [9.17, 15) is 15.0 Å². The minimum Gasteiger partial charge on any atom is -0.508 e. The molecule has 0 aliphatic carbocycles. The fraction of sp³-hybridized carbons (Fsp3) is 0.133. The van der Waals surface area contributed by atoms with E-state index in [1.54, 1.807) is 31.3 Å². The largest absolute Gasteiger partial charge is 0.508 e. The highest BCUT2D eigenvalue weighted by atomic mass is 35.5. The van der Waals surface area contributed by atoms with Gasteiger partial charge in [-0.2, -0.15) is 0 Å². The van der Waals surface area contributed by atoms with E-state index in [0.29, 0.717) is 11.6 Å². The third-order valence-corrected chi connectivity index (χ3v) is 3.21. The van der Waals surface area contributed by atoms with Gasteiger partial charge in [-0.1, -0.05) is 23.7 Å². The Morgan fingerprint density at radius 2 is 1.70 bits per heavy atom. The summed E-state index contributed by atoms with van der Waals surface area (Å²) in [6.07, 6.45) is 0. The van der Waals surface area contributed by atoms with Crippen LogP contribution in [0.1, 0.15) is 15.9 Å². The zero-order chi connectivity index (χ0) is 14.7. The Morgan fingerprint density at radius 1 is 1.10 bits per heavy atom. The lowest BCUT2D eigenvalue weighted by Crippen LogP contribution is -2.26. The summed E-state index contributed by atoms with van der Waals surface area (Å²) in [6, 6.07) is 10.9. The molecule has 2 aromatic rings. The molecular formula is C15H14ClNO3. The normalized spacial score (nSPS) is 10.3. The zero-order valence-corrected chi connectivity index (χ0v) is 11.6. The van der Waals surface area contributed by atoms with Crippen molar-refractivity contribution in [2.45, 2.75) is 6.54 Å². The number of nitrogens with zero attached hydrogens (tertiary/aromatic N) is 1. The number of phenolic OH excluding ortho intramolecular Hbond substituents is 2. The van der Waals surface area contributed by atoms with Crippen LogP contribution >= 0.6 is 11.6 Å². The Kier molecular flexibility index (Phi) is 4.15. The van der Waals surface area contributed by atoms with Gasteiger partial charge < -0.3 is 15.1 Å². The number of halogens is 1. The number of amides is 1. The molecule has 0 aromatic heterocycles. The van der Waals surface area contributed by atoms with Crippen LogP contribution in [0.15, 0.2) is 42.5 Å². The lowest BCUT2D eigenvalue weighted by Gasteiger charge is -2.18. The molecule has 0 atom stereocenters. The van der Waals surface area contributed by atoms with Crippen molar-refractivity contribution in [3.63, 3.8) is 0 Å². The highest BCUT2D eigenvalue weighted by molar-refractivity contribution is 6.33. The van der Waals surface area contributed by atoms with Crippen LogP contribution in [0.25, 0.3) is 0 Å². The summed E-state index contributed by atoms with van der Waals surface area (Å²) >= 11 is 5.97. The van der Waals surface area contributed by atoms with Crippen molar-refractivity contribution in [3.8, 4) is 11.5 Å². The predicted octanol–water partition coefficient (Wildman–Crippen LogP) is 3.02. The number of phenols is 2. The van der Waals surface area contributed by atoms with Crippen molar-refractivity contribution in [3.05, 3.63) is 58.6 Å². The van der Waals surface area contributed by atoms with Crippen molar-refractivity contribution in [1.82, 2.24) is 4.90 Å². The summed E-state index contributed by atoms with van der Waals surface area (Å²) in [6.45, 7) is 0.380. The minimum absolute atomic E-state index is 0.00390. The summed E-state index contributed by atoms with van der Waals surface area (Å²) in [7, 11) is 1.65. The molecule has 0 fully saturated rings. The molecule has 0 saturated heterocycles. The van der Waals surface area contributed by atoms with Gasteiger partial charge in [0.1, 0.15) is 11.5 Å². The van der Waals surface area contributed by atoms with Crippen molar-refractivity contribution >= 4 is 17.5 Å². The summed E-state index contributed by atoms with van der Waals surface area (Å²) in [5.41, 5.74) is 1.14. The SMILES string of the molecule is CN(Cc1ccc(O)cc1)C(=O)c1cc(O)ccc1Cl. The Labute approximate surface area is 121 Å². The molecule has 0 bridgehead atoms. The number of carbonyl (C=O) groups excluding carboxylic acids is 1. The van der Waals surface area contributed by atoms with E-state index in [4.69, 9.17) is 11.6 Å². The second-order valence-electron chi connectivity index (χ2n) is 4.49. The van der Waals surface area contributed by atoms with E-state index in [2.05, 4.69) is 0 Å². The molecule has 5 heteroatoms. The molecule has 2 rings (SSSR count). The van der Waals surface area contributed by atoms with Gasteiger partial charge in [-0.15, -0.1) is 0 Å². The highest BCUT2D eigenvalue weighted by Gasteiger charge is 2.16. The predicted molar refractivity (Wildman–Crippen MR) is 77.0 cm³/mol. The molecular weight excluding hydrogens is 278 g/mol. The molecule has 2 N–H and O–H groups in total. The molecule has 1 amide bonds. The van der Waals surface area contributed by atoms with Crippen LogP contribution in [-0.4, -0.2) is 28.1 Å². The van der Waals surface area contributed by atoms with Gasteiger partial charge in [-0.25, -0.2) is 0 Å². The van der Waals surface area contributed by atoms with Crippen molar-refractivity contribution in [2.24, 2.45) is 0 Å². The molecule has 0 aliphatic rings. The van der Waals surface area contributed by atoms with E-state index in [-0.39, 0.29) is 23.0 Å². The Bertz CT molecular complexity index is 626. The number of benzene rings is 2. The maximum absolute atomic E-state index is 12.3. The van der Waals surface area contributed by atoms with E-state index in [1.165, 1.54) is 23.1 Å². The van der Waals surface area contributed by atoms with Gasteiger partial charge in [0.2, 0.25) is 0 Å². The summed E-state index contributed by atoms with van der Waals surface area (Å²) in [4.78, 5) is 13.8. The van der Waals surface area contributed by atoms with Gasteiger partial charge in [-0.05, 0) is 35.9 Å². The van der Waals surface area contributed by atoms with Crippen LogP contribution in [0, 0.1) is 0 Å². The van der Waals surface area contributed by atoms with E-state index in [1.807, 2.05) is 0 Å². The molecule has 0 saturated carbocycles. The van der Waals surface area contributed by atoms with Crippen molar-refractivity contribution < 1.29 is 15.0 Å². The first kappa shape index (κ1) is 14.2. The van der Waals surface area contributed by atoms with Crippen LogP contribution in [0.2, 0.25) is 5.02 Å². The minimum atomic E-state index is -0.279. The average Bonchev–Trinajstić information content (AvgIpc) is 2.43. The number of rotatable bonds is 3. The van der Waals surface area contributed by atoms with Crippen LogP contribution < -0.4 is 0 Å². The highest BCUT2D eigenvalue weighted by Crippen LogP contribution is 2.23. The van der Waals surface area contributed by atoms with Gasteiger partial charge >= 0.3 is 0 Å². The molecule has 4 nitrogen and oxygen atoms in total. The smallest absolute Gasteiger partial charge is 0.255 e. The second-order valence-corrected chi connectivity index (χ2v) is 4.90. The summed E-state index contributed by atoms with van der Waals surface area (Å²) in [5, 5.41) is 18.9. The van der Waals surface area contributed by atoms with Gasteiger partial charge in [0.25, 0.3) is 5.91 Å². The molecule has 0 heterocycles. The molecule has 0 unspecified atom stereocenters. The molecule has 0 radical (unpaired) electrons. The first-order valence-corrected chi connectivity index (χ1v) is 6.37. The third-order valence-electron chi connectivity index (χ3n) is 2.88. The zero-order valence-electron chi connectivity index (χ0n) is 10.9. The van der Waals surface area contributed by atoms with E-state index >= 15 is 0 Å². The Hall–Kier alpha value is -2.20. The average molecular weight is 292 g/mol. The van der Waals surface area contributed by atoms with Gasteiger partial charge in [0.15, 0.2) is 0 Å². The van der Waals surface area contributed by atoms with Crippen molar-refractivity contribution in [2.75, 3.05) is 7.05 Å². The monoisotopic (exact) mass is 291 g/mol. The fourth-order valence-electron chi connectivity index (χ4n) is 1.83. The first-order valence-electron chi connectivity index (χ1n) is 5.99. The molecule has 20 heavy (non-hydrogen) atoms. The molecule has 2 aromatic carbocycles. The van der Waals surface area contributed by atoms with E-state index in [0.717, 1.165) is 5.56 Å². The topological polar surface area (TPSA) is 60.8 Å². The summed E-state index contributed by atoms with van der Waals surface area (Å²) < 4.78 is 0. The Morgan fingerprint density at radius 3 is 2.35 bits per heavy atom. The van der Waals surface area contributed by atoms with Gasteiger partial charge in [0, 0.05) is 13.6 Å². The number of hydrogen-bond donors (Lipinski definition) is 2. The number of aromatic hydroxyl groups is 2. The fourth-order valence-corrected chi connectivity index (χ4v) is 2.03. The van der Waals surface area contributed by atoms with Gasteiger partial charge in [0.05, 0.1) is 10.6 Å². The standard InChI is InChI=1S/C15H14ClNO3/c1-17(9-10-2-4-11(18)5-3-10)15(20)13-8-12(19)6-7-14(13)16/h2-8,18-19H,9H2,1H3. The van der Waals surface area contributed by atoms with E-state index < -0.39 is 0 Å². The maximum atomic E-state index is 12.3. The lowest BCUT2D eigenvalue weighted by molar-refractivity contribution is 0.0785. The lowest BCUT2D eigenvalue weighted by atomic mass is 10.1. The van der Waals surface area contributed by atoms with Crippen LogP contribution in [0.4, 0.5) is 0 Å². The molecule has 0 spiro atoms. The third kappa shape index (κ3) is 3.22. The van der Waals surface area contributed by atoms with Crippen LogP contribution in [0.3, 0.4) is 0 Å². The second kappa shape index (κ2) is 5.84.